The second kappa shape index (κ2) is 15.2. The topological polar surface area (TPSA) is 110 Å². The maximum atomic E-state index is 13.7. The number of nitrogens with zero attached hydrogens (tertiary/aromatic N) is 4. The number of rotatable bonds is 10. The maximum Gasteiger partial charge on any atom is 0.410 e. The molecule has 0 saturated carbocycles. The molecule has 3 aliphatic heterocycles. The van der Waals surface area contributed by atoms with Gasteiger partial charge in [0.05, 0.1) is 16.8 Å². The normalized spacial score (nSPS) is 18.2. The van der Waals surface area contributed by atoms with E-state index in [1.54, 1.807) is 10.3 Å². The maximum absolute atomic E-state index is 13.7. The zero-order valence-corrected chi connectivity index (χ0v) is 30.1. The molecule has 1 aromatic heterocycles. The van der Waals surface area contributed by atoms with Gasteiger partial charge in [0.25, 0.3) is 11.8 Å². The van der Waals surface area contributed by atoms with Crippen molar-refractivity contribution in [1.29, 1.82) is 0 Å². The van der Waals surface area contributed by atoms with Crippen molar-refractivity contribution in [3.05, 3.63) is 51.8 Å². The first kappa shape index (κ1) is 35.5. The number of ether oxygens (including phenoxy) is 1. The molecule has 0 spiro atoms. The molecule has 1 fully saturated rings. The number of aromatic nitrogens is 1. The van der Waals surface area contributed by atoms with Gasteiger partial charge in [0, 0.05) is 72.8 Å². The lowest BCUT2D eigenvalue weighted by atomic mass is 9.97. The van der Waals surface area contributed by atoms with E-state index in [1.807, 2.05) is 56.9 Å². The Hall–Kier alpha value is -3.83. The Bertz CT molecular complexity index is 1610. The molecule has 3 aliphatic rings. The Morgan fingerprint density at radius 2 is 1.88 bits per heavy atom. The minimum absolute atomic E-state index is 0.0592. The number of thiocarbonyl (C=S) groups is 1. The van der Waals surface area contributed by atoms with Gasteiger partial charge in [-0.05, 0) is 96.2 Å². The highest BCUT2D eigenvalue weighted by atomic mass is 32.1. The summed E-state index contributed by atoms with van der Waals surface area (Å²) in [4.78, 5) is 53.9. The first-order valence-corrected chi connectivity index (χ1v) is 17.8. The predicted octanol–water partition coefficient (Wildman–Crippen LogP) is 5.98. The number of aromatic amines is 1. The lowest BCUT2D eigenvalue weighted by Gasteiger charge is -2.33. The van der Waals surface area contributed by atoms with Gasteiger partial charge in [-0.3, -0.25) is 14.6 Å². The van der Waals surface area contributed by atoms with Gasteiger partial charge in [0.15, 0.2) is 0 Å². The summed E-state index contributed by atoms with van der Waals surface area (Å²) in [7, 11) is 0. The van der Waals surface area contributed by atoms with E-state index in [2.05, 4.69) is 29.0 Å². The summed E-state index contributed by atoms with van der Waals surface area (Å²) in [5.74, 6) is 0.212. The quantitative estimate of drug-likeness (QED) is 0.182. The molecule has 2 aromatic rings. The zero-order chi connectivity index (χ0) is 34.6. The molecule has 48 heavy (non-hydrogen) atoms. The number of fused-ring (bicyclic) bond motifs is 2. The molecule has 2 N–H and O–H groups in total. The molecule has 10 nitrogen and oxygen atoms in total. The molecule has 1 aromatic carbocycles. The molecule has 0 unspecified atom stereocenters. The van der Waals surface area contributed by atoms with Crippen molar-refractivity contribution in [2.75, 3.05) is 57.7 Å². The largest absolute Gasteiger partial charge is 0.444 e. The van der Waals surface area contributed by atoms with Gasteiger partial charge in [-0.15, -0.1) is 0 Å². The van der Waals surface area contributed by atoms with Gasteiger partial charge in [-0.1, -0.05) is 32.1 Å². The third kappa shape index (κ3) is 8.06. The molecule has 3 amide bonds. The van der Waals surface area contributed by atoms with Crippen LogP contribution >= 0.6 is 12.2 Å². The van der Waals surface area contributed by atoms with Gasteiger partial charge >= 0.3 is 6.09 Å². The highest BCUT2D eigenvalue weighted by Gasteiger charge is 2.30. The molecule has 11 heteroatoms. The summed E-state index contributed by atoms with van der Waals surface area (Å²) in [5.41, 5.74) is 6.40. The third-order valence-electron chi connectivity index (χ3n) is 9.59. The Morgan fingerprint density at radius 1 is 1.15 bits per heavy atom. The van der Waals surface area contributed by atoms with E-state index in [4.69, 9.17) is 21.9 Å². The lowest BCUT2D eigenvalue weighted by molar-refractivity contribution is -0.110. The average Bonchev–Trinajstić information content (AvgIpc) is 3.48. The van der Waals surface area contributed by atoms with Crippen molar-refractivity contribution in [1.82, 2.24) is 19.7 Å². The van der Waals surface area contributed by atoms with E-state index < -0.39 is 5.60 Å². The lowest BCUT2D eigenvalue weighted by Crippen LogP contribution is -2.42. The number of carbonyl (C=O) groups excluding carboxylic acids is 3. The molecule has 1 saturated heterocycles. The summed E-state index contributed by atoms with van der Waals surface area (Å²) in [6, 6.07) is 5.79. The number of likely N-dealkylation sites (tertiary alicyclic amines) is 1. The Balaban J connectivity index is 1.32. The Morgan fingerprint density at radius 3 is 2.54 bits per heavy atom. The number of nitrogens with one attached hydrogen (secondary N) is 2. The van der Waals surface area contributed by atoms with E-state index in [0.717, 1.165) is 91.2 Å². The number of benzene rings is 1. The standard InChI is InChI=1S/C37H50N6O4S/c1-7-41(8-2)18-19-42-15-9-10-30-33(35(42)45)24(3)31(39-30)21-28-27-20-26(11-12-29(27)40-34(28)44)32(23-48)38-22-25-13-16-43(17-14-25)36(46)47-37(4,5)6/h11-12,20-21,23,25,39H,7-10,13-19,22H2,1-6H3,(H,40,44)/b28-21-,38-32?. The second-order valence-electron chi connectivity index (χ2n) is 14.0. The number of aliphatic imine (C=N–C) groups is 1. The van der Waals surface area contributed by atoms with Gasteiger partial charge < -0.3 is 29.7 Å². The first-order chi connectivity index (χ1) is 22.9. The van der Waals surface area contributed by atoms with Gasteiger partial charge in [-0.2, -0.15) is 0 Å². The number of likely N-dealkylation sites (N-methyl/N-ethyl adjacent to an activating group) is 1. The van der Waals surface area contributed by atoms with Crippen LogP contribution in [0, 0.1) is 12.8 Å². The number of anilines is 1. The fourth-order valence-electron chi connectivity index (χ4n) is 6.71. The molecular formula is C37H50N6O4S. The number of piperidine rings is 1. The molecule has 5 rings (SSSR count). The summed E-state index contributed by atoms with van der Waals surface area (Å²) in [5, 5.41) is 4.58. The Labute approximate surface area is 290 Å². The van der Waals surface area contributed by atoms with Crippen molar-refractivity contribution < 1.29 is 19.1 Å². The van der Waals surface area contributed by atoms with Crippen LogP contribution in [0.2, 0.25) is 0 Å². The van der Waals surface area contributed by atoms with Crippen LogP contribution in [0.5, 0.6) is 0 Å². The number of hydrogen-bond acceptors (Lipinski definition) is 7. The van der Waals surface area contributed by atoms with Crippen LogP contribution in [-0.4, -0.2) is 107 Å². The van der Waals surface area contributed by atoms with Crippen LogP contribution in [0.1, 0.15) is 92.3 Å². The number of aryl methyl sites for hydroxylation is 1. The van der Waals surface area contributed by atoms with Crippen LogP contribution in [0.15, 0.2) is 23.2 Å². The average molecular weight is 675 g/mol. The highest BCUT2D eigenvalue weighted by Crippen LogP contribution is 2.35. The summed E-state index contributed by atoms with van der Waals surface area (Å²) in [6.07, 6.45) is 4.97. The SMILES string of the molecule is CCN(CC)CCN1CCCc2[nH]c(/C=C3\C(=O)Nc4ccc(C(C=S)=NCC5CCN(C(=O)OC(C)(C)C)CC5)cc43)c(C)c2C1=O. The first-order valence-electron chi connectivity index (χ1n) is 17.3. The number of amides is 3. The van der Waals surface area contributed by atoms with E-state index in [0.29, 0.717) is 43.4 Å². The van der Waals surface area contributed by atoms with Gasteiger partial charge in [-0.25, -0.2) is 4.79 Å². The minimum Gasteiger partial charge on any atom is -0.444 e. The van der Waals surface area contributed by atoms with Crippen molar-refractivity contribution in [3.8, 4) is 0 Å². The molecule has 0 radical (unpaired) electrons. The van der Waals surface area contributed by atoms with Crippen molar-refractivity contribution in [3.63, 3.8) is 0 Å². The third-order valence-corrected chi connectivity index (χ3v) is 9.81. The van der Waals surface area contributed by atoms with Crippen LogP contribution in [0.25, 0.3) is 11.6 Å². The monoisotopic (exact) mass is 674 g/mol. The molecule has 4 heterocycles. The zero-order valence-electron chi connectivity index (χ0n) is 29.3. The van der Waals surface area contributed by atoms with Gasteiger partial charge in [0.1, 0.15) is 5.60 Å². The highest BCUT2D eigenvalue weighted by molar-refractivity contribution is 7.80. The van der Waals surface area contributed by atoms with Gasteiger partial charge in [0.2, 0.25) is 0 Å². The molecular weight excluding hydrogens is 625 g/mol. The van der Waals surface area contributed by atoms with Crippen molar-refractivity contribution >= 4 is 58.5 Å². The number of hydrogen-bond donors (Lipinski definition) is 2. The van der Waals surface area contributed by atoms with Crippen molar-refractivity contribution in [2.45, 2.75) is 72.8 Å². The fraction of sp³-hybridized carbons (Fsp3) is 0.541. The summed E-state index contributed by atoms with van der Waals surface area (Å²) in [6.45, 7) is 18.0. The van der Waals surface area contributed by atoms with E-state index in [1.165, 1.54) is 0 Å². The summed E-state index contributed by atoms with van der Waals surface area (Å²) >= 11 is 5.39. The summed E-state index contributed by atoms with van der Waals surface area (Å²) < 4.78 is 5.53. The number of carbonyl (C=O) groups is 3. The van der Waals surface area contributed by atoms with Crippen LogP contribution in [0.3, 0.4) is 0 Å². The number of H-pyrrole nitrogens is 1. The second-order valence-corrected chi connectivity index (χ2v) is 14.2. The van der Waals surface area contributed by atoms with E-state index >= 15 is 0 Å². The molecule has 0 aliphatic carbocycles. The van der Waals surface area contributed by atoms with Crippen molar-refractivity contribution in [2.24, 2.45) is 10.9 Å². The molecule has 0 bridgehead atoms. The molecule has 258 valence electrons. The molecule has 0 atom stereocenters. The predicted molar refractivity (Wildman–Crippen MR) is 196 cm³/mol. The van der Waals surface area contributed by atoms with E-state index in [9.17, 15) is 14.4 Å². The van der Waals surface area contributed by atoms with E-state index in [-0.39, 0.29) is 17.9 Å². The van der Waals surface area contributed by atoms with Crippen LogP contribution < -0.4 is 5.32 Å². The smallest absolute Gasteiger partial charge is 0.410 e. The Kier molecular flexibility index (Phi) is 11.2. The van der Waals surface area contributed by atoms with Crippen LogP contribution in [0.4, 0.5) is 10.5 Å². The van der Waals surface area contributed by atoms with Crippen LogP contribution in [-0.2, 0) is 16.0 Å². The fourth-order valence-corrected chi connectivity index (χ4v) is 6.92. The minimum atomic E-state index is -0.511.